The molecule has 2 unspecified atom stereocenters. The predicted molar refractivity (Wildman–Crippen MR) is 106 cm³/mol. The summed E-state index contributed by atoms with van der Waals surface area (Å²) in [6.07, 6.45) is 7.78. The van der Waals surface area contributed by atoms with E-state index in [-0.39, 0.29) is 43.2 Å². The highest BCUT2D eigenvalue weighted by Gasteiger charge is 2.40. The molecule has 1 aromatic rings. The SMILES string of the molecule is C#CC1CCCN(C(=O)COc2cccc3c2CN(C2CCC(=O)NC2=O)C3=O)C1. The molecule has 2 atom stereocenters. The third-order valence-corrected chi connectivity index (χ3v) is 5.90. The van der Waals surface area contributed by atoms with E-state index in [2.05, 4.69) is 11.2 Å². The van der Waals surface area contributed by atoms with E-state index in [1.165, 1.54) is 4.90 Å². The van der Waals surface area contributed by atoms with Crippen molar-refractivity contribution in [3.8, 4) is 18.1 Å². The van der Waals surface area contributed by atoms with E-state index >= 15 is 0 Å². The van der Waals surface area contributed by atoms with Gasteiger partial charge in [0.15, 0.2) is 6.61 Å². The van der Waals surface area contributed by atoms with Crippen LogP contribution in [0.4, 0.5) is 0 Å². The van der Waals surface area contributed by atoms with Crippen LogP contribution in [0.25, 0.3) is 0 Å². The number of nitrogens with one attached hydrogen (secondary N) is 1. The molecule has 8 heteroatoms. The first-order valence-corrected chi connectivity index (χ1v) is 10.1. The van der Waals surface area contributed by atoms with Crippen LogP contribution in [0.3, 0.4) is 0 Å². The van der Waals surface area contributed by atoms with Gasteiger partial charge in [0.25, 0.3) is 11.8 Å². The number of imide groups is 1. The molecule has 0 aliphatic carbocycles. The Bertz CT molecular complexity index is 951. The van der Waals surface area contributed by atoms with Gasteiger partial charge in [0.1, 0.15) is 11.8 Å². The van der Waals surface area contributed by atoms with Crippen LogP contribution in [-0.2, 0) is 20.9 Å². The second kappa shape index (κ2) is 8.19. The molecule has 1 N–H and O–H groups in total. The van der Waals surface area contributed by atoms with E-state index < -0.39 is 11.9 Å². The summed E-state index contributed by atoms with van der Waals surface area (Å²) < 4.78 is 5.78. The van der Waals surface area contributed by atoms with Crippen molar-refractivity contribution in [3.63, 3.8) is 0 Å². The van der Waals surface area contributed by atoms with Crippen LogP contribution in [0.5, 0.6) is 5.75 Å². The summed E-state index contributed by atoms with van der Waals surface area (Å²) in [5, 5.41) is 2.29. The molecule has 4 rings (SSSR count). The maximum absolute atomic E-state index is 12.8. The summed E-state index contributed by atoms with van der Waals surface area (Å²) in [5.74, 6) is 2.04. The minimum absolute atomic E-state index is 0.0726. The van der Waals surface area contributed by atoms with Crippen molar-refractivity contribution in [1.29, 1.82) is 0 Å². The first kappa shape index (κ1) is 20.0. The van der Waals surface area contributed by atoms with Gasteiger partial charge in [-0.05, 0) is 31.4 Å². The van der Waals surface area contributed by atoms with Crippen LogP contribution in [0, 0.1) is 18.3 Å². The maximum atomic E-state index is 12.8. The van der Waals surface area contributed by atoms with Crippen LogP contribution >= 0.6 is 0 Å². The molecule has 156 valence electrons. The number of terminal acetylenes is 1. The molecule has 2 fully saturated rings. The Morgan fingerprint density at radius 2 is 2.10 bits per heavy atom. The second-order valence-corrected chi connectivity index (χ2v) is 7.82. The molecule has 3 heterocycles. The average molecular weight is 409 g/mol. The Hall–Kier alpha value is -3.34. The molecule has 2 saturated heterocycles. The third-order valence-electron chi connectivity index (χ3n) is 5.90. The number of fused-ring (bicyclic) bond motifs is 1. The standard InChI is InChI=1S/C22H23N3O5/c1-2-14-5-4-10-24(11-14)20(27)13-30-18-7-3-6-15-16(18)12-25(22(15)29)17-8-9-19(26)23-21(17)28/h1,3,6-7,14,17H,4-5,8-13H2,(H,23,26,28). The number of piperidine rings is 2. The molecule has 8 nitrogen and oxygen atoms in total. The van der Waals surface area contributed by atoms with Gasteiger partial charge in [-0.1, -0.05) is 6.07 Å². The lowest BCUT2D eigenvalue weighted by Gasteiger charge is -2.30. The lowest BCUT2D eigenvalue weighted by atomic mass is 9.99. The number of hydrogen-bond donors (Lipinski definition) is 1. The average Bonchev–Trinajstić information content (AvgIpc) is 3.09. The minimum atomic E-state index is -0.689. The zero-order valence-corrected chi connectivity index (χ0v) is 16.6. The Balaban J connectivity index is 1.44. The molecule has 3 aliphatic rings. The fourth-order valence-electron chi connectivity index (χ4n) is 4.26. The van der Waals surface area contributed by atoms with Gasteiger partial charge in [0, 0.05) is 36.6 Å². The smallest absolute Gasteiger partial charge is 0.260 e. The maximum Gasteiger partial charge on any atom is 0.260 e. The first-order chi connectivity index (χ1) is 14.5. The third kappa shape index (κ3) is 3.75. The molecule has 0 radical (unpaired) electrons. The van der Waals surface area contributed by atoms with Crippen LogP contribution in [0.2, 0.25) is 0 Å². The normalized spacial score (nSPS) is 23.6. The topological polar surface area (TPSA) is 96.0 Å². The van der Waals surface area contributed by atoms with Crippen LogP contribution in [0.1, 0.15) is 41.6 Å². The molecule has 0 aromatic heterocycles. The van der Waals surface area contributed by atoms with Crippen LogP contribution in [0.15, 0.2) is 18.2 Å². The lowest BCUT2D eigenvalue weighted by Crippen LogP contribution is -2.52. The predicted octanol–water partition coefficient (Wildman–Crippen LogP) is 0.698. The fourth-order valence-corrected chi connectivity index (χ4v) is 4.26. The second-order valence-electron chi connectivity index (χ2n) is 7.82. The Morgan fingerprint density at radius 1 is 1.27 bits per heavy atom. The number of benzene rings is 1. The molecular formula is C22H23N3O5. The summed E-state index contributed by atoms with van der Waals surface area (Å²) in [7, 11) is 0. The van der Waals surface area contributed by atoms with Gasteiger partial charge in [-0.2, -0.15) is 0 Å². The van der Waals surface area contributed by atoms with Gasteiger partial charge in [-0.25, -0.2) is 0 Å². The number of ether oxygens (including phenoxy) is 1. The van der Waals surface area contributed by atoms with Crippen molar-refractivity contribution in [2.75, 3.05) is 19.7 Å². The van der Waals surface area contributed by atoms with E-state index in [0.717, 1.165) is 12.8 Å². The Morgan fingerprint density at radius 3 is 2.87 bits per heavy atom. The highest BCUT2D eigenvalue weighted by Crippen LogP contribution is 2.33. The van der Waals surface area contributed by atoms with E-state index in [4.69, 9.17) is 11.2 Å². The van der Waals surface area contributed by atoms with E-state index in [9.17, 15) is 19.2 Å². The Kier molecular flexibility index (Phi) is 5.44. The summed E-state index contributed by atoms with van der Waals surface area (Å²) in [4.78, 5) is 52.2. The van der Waals surface area contributed by atoms with Gasteiger partial charge >= 0.3 is 0 Å². The number of nitrogens with zero attached hydrogens (tertiary/aromatic N) is 2. The van der Waals surface area contributed by atoms with Crippen molar-refractivity contribution in [1.82, 2.24) is 15.1 Å². The largest absolute Gasteiger partial charge is 0.483 e. The molecule has 30 heavy (non-hydrogen) atoms. The van der Waals surface area contributed by atoms with Crippen LogP contribution < -0.4 is 10.1 Å². The highest BCUT2D eigenvalue weighted by atomic mass is 16.5. The molecule has 0 spiro atoms. The van der Waals surface area contributed by atoms with Crippen molar-refractivity contribution >= 4 is 23.6 Å². The zero-order valence-electron chi connectivity index (χ0n) is 16.6. The molecule has 0 bridgehead atoms. The van der Waals surface area contributed by atoms with E-state index in [0.29, 0.717) is 36.4 Å². The zero-order chi connectivity index (χ0) is 21.3. The van der Waals surface area contributed by atoms with Crippen molar-refractivity contribution in [2.24, 2.45) is 5.92 Å². The summed E-state index contributed by atoms with van der Waals surface area (Å²) in [5.41, 5.74) is 1.11. The van der Waals surface area contributed by atoms with Crippen molar-refractivity contribution in [2.45, 2.75) is 38.3 Å². The summed E-state index contributed by atoms with van der Waals surface area (Å²) in [6, 6.07) is 4.40. The molecule has 0 saturated carbocycles. The van der Waals surface area contributed by atoms with Gasteiger partial charge in [-0.3, -0.25) is 24.5 Å². The molecule has 3 aliphatic heterocycles. The highest BCUT2D eigenvalue weighted by molar-refractivity contribution is 6.05. The van der Waals surface area contributed by atoms with E-state index in [1.54, 1.807) is 23.1 Å². The lowest BCUT2D eigenvalue weighted by molar-refractivity contribution is -0.137. The first-order valence-electron chi connectivity index (χ1n) is 10.1. The number of rotatable bonds is 4. The van der Waals surface area contributed by atoms with E-state index in [1.807, 2.05) is 0 Å². The number of carbonyl (C=O) groups excluding carboxylic acids is 4. The molecule has 1 aromatic carbocycles. The van der Waals surface area contributed by atoms with Gasteiger partial charge < -0.3 is 14.5 Å². The number of carbonyl (C=O) groups is 4. The van der Waals surface area contributed by atoms with Crippen LogP contribution in [-0.4, -0.2) is 59.2 Å². The molecule has 4 amide bonds. The Labute approximate surface area is 174 Å². The summed E-state index contributed by atoms with van der Waals surface area (Å²) in [6.45, 7) is 1.26. The molecular weight excluding hydrogens is 386 g/mol. The minimum Gasteiger partial charge on any atom is -0.483 e. The van der Waals surface area contributed by atoms with Crippen molar-refractivity contribution in [3.05, 3.63) is 29.3 Å². The number of amides is 4. The van der Waals surface area contributed by atoms with Gasteiger partial charge in [0.2, 0.25) is 11.8 Å². The van der Waals surface area contributed by atoms with Gasteiger partial charge in [0.05, 0.1) is 6.54 Å². The quantitative estimate of drug-likeness (QED) is 0.583. The fraction of sp³-hybridized carbons (Fsp3) is 0.455. The van der Waals surface area contributed by atoms with Crippen molar-refractivity contribution < 1.29 is 23.9 Å². The van der Waals surface area contributed by atoms with Gasteiger partial charge in [-0.15, -0.1) is 12.3 Å². The number of hydrogen-bond acceptors (Lipinski definition) is 5. The number of likely N-dealkylation sites (tertiary alicyclic amines) is 1. The monoisotopic (exact) mass is 409 g/mol. The summed E-state index contributed by atoms with van der Waals surface area (Å²) >= 11 is 0.